The fourth-order valence-corrected chi connectivity index (χ4v) is 4.72. The lowest BCUT2D eigenvalue weighted by molar-refractivity contribution is -0.385. The molecule has 3 rings (SSSR count). The molecule has 0 unspecified atom stereocenters. The van der Waals surface area contributed by atoms with E-state index in [9.17, 15) is 18.5 Å². The van der Waals surface area contributed by atoms with Crippen molar-refractivity contribution >= 4 is 50.8 Å². The minimum absolute atomic E-state index is 0.0847. The Morgan fingerprint density at radius 1 is 1.17 bits per heavy atom. The number of sulfonamides is 1. The second kappa shape index (κ2) is 9.06. The van der Waals surface area contributed by atoms with Crippen LogP contribution in [0.3, 0.4) is 0 Å². The molecule has 0 atom stereocenters. The molecule has 1 aliphatic rings. The van der Waals surface area contributed by atoms with Gasteiger partial charge >= 0.3 is 0 Å². The van der Waals surface area contributed by atoms with E-state index in [4.69, 9.17) is 27.9 Å². The van der Waals surface area contributed by atoms with E-state index in [1.54, 1.807) is 18.2 Å². The molecule has 1 heterocycles. The molecule has 2 aromatic rings. The van der Waals surface area contributed by atoms with Gasteiger partial charge in [-0.3, -0.25) is 15.5 Å². The number of hydrogen-bond donors (Lipinski definition) is 1. The number of nitro benzene ring substituents is 1. The summed E-state index contributed by atoms with van der Waals surface area (Å²) >= 11 is 12.2. The van der Waals surface area contributed by atoms with Gasteiger partial charge in [0.2, 0.25) is 10.0 Å². The van der Waals surface area contributed by atoms with Gasteiger partial charge in [0.25, 0.3) is 5.69 Å². The van der Waals surface area contributed by atoms with Gasteiger partial charge in [-0.2, -0.15) is 9.41 Å². The standard InChI is InChI=1S/C17H16Cl2N4O5S/c18-14-2-1-3-15(19)13(14)11-20-21-16-5-4-12(23(24)25)10-17(16)29(26,27)22-6-8-28-9-7-22/h1-5,10-11,21H,6-9H2/b20-11-. The number of morpholine rings is 1. The number of nitrogens with zero attached hydrogens (tertiary/aromatic N) is 3. The zero-order chi connectivity index (χ0) is 21.0. The Bertz CT molecular complexity index is 1040. The highest BCUT2D eigenvalue weighted by atomic mass is 35.5. The van der Waals surface area contributed by atoms with Crippen LogP contribution in [0.1, 0.15) is 5.56 Å². The number of nitro groups is 1. The zero-order valence-electron chi connectivity index (χ0n) is 14.9. The highest BCUT2D eigenvalue weighted by Crippen LogP contribution is 2.30. The quantitative estimate of drug-likeness (QED) is 0.403. The first-order valence-electron chi connectivity index (χ1n) is 8.40. The Labute approximate surface area is 177 Å². The lowest BCUT2D eigenvalue weighted by Crippen LogP contribution is -2.40. The molecule has 0 amide bonds. The highest BCUT2D eigenvalue weighted by Gasteiger charge is 2.30. The molecule has 29 heavy (non-hydrogen) atoms. The number of nitrogens with one attached hydrogen (secondary N) is 1. The largest absolute Gasteiger partial charge is 0.379 e. The third-order valence-corrected chi connectivity index (χ3v) is 6.74. The first kappa shape index (κ1) is 21.5. The molecule has 0 spiro atoms. The average Bonchev–Trinajstić information content (AvgIpc) is 2.70. The van der Waals surface area contributed by atoms with Gasteiger partial charge in [-0.05, 0) is 18.2 Å². The van der Waals surface area contributed by atoms with Crippen LogP contribution in [-0.2, 0) is 14.8 Å². The summed E-state index contributed by atoms with van der Waals surface area (Å²) in [7, 11) is -4.00. The Balaban J connectivity index is 1.96. The number of halogens is 2. The molecule has 1 N–H and O–H groups in total. The van der Waals surface area contributed by atoms with E-state index in [0.29, 0.717) is 15.6 Å². The van der Waals surface area contributed by atoms with Crippen molar-refractivity contribution < 1.29 is 18.1 Å². The smallest absolute Gasteiger partial charge is 0.270 e. The van der Waals surface area contributed by atoms with Crippen molar-refractivity contribution in [2.75, 3.05) is 31.7 Å². The predicted octanol–water partition coefficient (Wildman–Crippen LogP) is 3.37. The summed E-state index contributed by atoms with van der Waals surface area (Å²) in [5.74, 6) is 0. The Kier molecular flexibility index (Phi) is 6.70. The van der Waals surface area contributed by atoms with Gasteiger partial charge in [0.1, 0.15) is 4.90 Å². The van der Waals surface area contributed by atoms with Gasteiger partial charge in [0.05, 0.1) is 40.1 Å². The van der Waals surface area contributed by atoms with E-state index in [1.807, 2.05) is 0 Å². The molecule has 154 valence electrons. The third-order valence-electron chi connectivity index (χ3n) is 4.14. The zero-order valence-corrected chi connectivity index (χ0v) is 17.2. The minimum atomic E-state index is -4.00. The lowest BCUT2D eigenvalue weighted by Gasteiger charge is -2.26. The van der Waals surface area contributed by atoms with Gasteiger partial charge < -0.3 is 4.74 Å². The van der Waals surface area contributed by atoms with Crippen molar-refractivity contribution in [2.45, 2.75) is 4.90 Å². The van der Waals surface area contributed by atoms with Gasteiger partial charge in [-0.25, -0.2) is 8.42 Å². The van der Waals surface area contributed by atoms with Crippen molar-refractivity contribution in [1.29, 1.82) is 0 Å². The van der Waals surface area contributed by atoms with Crippen LogP contribution in [0.25, 0.3) is 0 Å². The second-order valence-corrected chi connectivity index (χ2v) is 8.68. The normalized spacial score (nSPS) is 15.5. The summed E-state index contributed by atoms with van der Waals surface area (Å²) in [5.41, 5.74) is 2.81. The van der Waals surface area contributed by atoms with E-state index in [0.717, 1.165) is 6.07 Å². The maximum atomic E-state index is 13.0. The van der Waals surface area contributed by atoms with Crippen LogP contribution in [0.2, 0.25) is 10.0 Å². The molecular weight excluding hydrogens is 443 g/mol. The van der Waals surface area contributed by atoms with E-state index in [-0.39, 0.29) is 42.6 Å². The van der Waals surface area contributed by atoms with Crippen molar-refractivity contribution in [2.24, 2.45) is 5.10 Å². The van der Waals surface area contributed by atoms with Crippen LogP contribution >= 0.6 is 23.2 Å². The van der Waals surface area contributed by atoms with Gasteiger partial charge in [0.15, 0.2) is 0 Å². The Morgan fingerprint density at radius 2 is 1.83 bits per heavy atom. The van der Waals surface area contributed by atoms with Crippen molar-refractivity contribution in [3.05, 3.63) is 62.1 Å². The lowest BCUT2D eigenvalue weighted by atomic mass is 10.2. The number of ether oxygens (including phenoxy) is 1. The first-order chi connectivity index (χ1) is 13.8. The minimum Gasteiger partial charge on any atom is -0.379 e. The van der Waals surface area contributed by atoms with Crippen LogP contribution in [0, 0.1) is 10.1 Å². The van der Waals surface area contributed by atoms with E-state index < -0.39 is 14.9 Å². The predicted molar refractivity (Wildman–Crippen MR) is 110 cm³/mol. The Hall–Kier alpha value is -2.24. The maximum absolute atomic E-state index is 13.0. The SMILES string of the molecule is O=[N+]([O-])c1ccc(N/N=C\c2c(Cl)cccc2Cl)c(S(=O)(=O)N2CCOCC2)c1. The topological polar surface area (TPSA) is 114 Å². The van der Waals surface area contributed by atoms with Crippen molar-refractivity contribution in [3.8, 4) is 0 Å². The maximum Gasteiger partial charge on any atom is 0.270 e. The van der Waals surface area contributed by atoms with Crippen LogP contribution in [0.5, 0.6) is 0 Å². The monoisotopic (exact) mass is 458 g/mol. The summed E-state index contributed by atoms with van der Waals surface area (Å²) in [5, 5.41) is 15.9. The van der Waals surface area contributed by atoms with Crippen LogP contribution in [0.4, 0.5) is 11.4 Å². The fraction of sp³-hybridized carbons (Fsp3) is 0.235. The van der Waals surface area contributed by atoms with Crippen LogP contribution < -0.4 is 5.43 Å². The van der Waals surface area contributed by atoms with Crippen LogP contribution in [0.15, 0.2) is 46.4 Å². The molecule has 0 aliphatic carbocycles. The van der Waals surface area contributed by atoms with Crippen molar-refractivity contribution in [3.63, 3.8) is 0 Å². The summed E-state index contributed by atoms with van der Waals surface area (Å²) in [6.07, 6.45) is 1.34. The van der Waals surface area contributed by atoms with Gasteiger partial charge in [-0.1, -0.05) is 29.3 Å². The molecule has 12 heteroatoms. The van der Waals surface area contributed by atoms with E-state index >= 15 is 0 Å². The third kappa shape index (κ3) is 4.85. The van der Waals surface area contributed by atoms with Crippen molar-refractivity contribution in [1.82, 2.24) is 4.31 Å². The van der Waals surface area contributed by atoms with Gasteiger partial charge in [0, 0.05) is 30.8 Å². The number of hydrogen-bond acceptors (Lipinski definition) is 7. The van der Waals surface area contributed by atoms with E-state index in [1.165, 1.54) is 22.7 Å². The molecule has 2 aromatic carbocycles. The molecule has 1 aliphatic heterocycles. The Morgan fingerprint density at radius 3 is 2.45 bits per heavy atom. The first-order valence-corrected chi connectivity index (χ1v) is 10.6. The average molecular weight is 459 g/mol. The summed E-state index contributed by atoms with van der Waals surface area (Å²) in [6.45, 7) is 0.812. The second-order valence-electron chi connectivity index (χ2n) is 5.96. The number of hydrazone groups is 1. The molecule has 1 saturated heterocycles. The van der Waals surface area contributed by atoms with E-state index in [2.05, 4.69) is 10.5 Å². The summed E-state index contributed by atoms with van der Waals surface area (Å²) in [4.78, 5) is 10.2. The molecule has 9 nitrogen and oxygen atoms in total. The van der Waals surface area contributed by atoms with Gasteiger partial charge in [-0.15, -0.1) is 0 Å². The number of anilines is 1. The molecule has 0 aromatic heterocycles. The number of non-ortho nitro benzene ring substituents is 1. The molecule has 1 fully saturated rings. The highest BCUT2D eigenvalue weighted by molar-refractivity contribution is 7.89. The fourth-order valence-electron chi connectivity index (χ4n) is 2.66. The molecule has 0 radical (unpaired) electrons. The molecule has 0 bridgehead atoms. The summed E-state index contributed by atoms with van der Waals surface area (Å²) < 4.78 is 32.5. The molecule has 0 saturated carbocycles. The number of rotatable bonds is 6. The summed E-state index contributed by atoms with van der Waals surface area (Å²) in [6, 6.07) is 8.43. The number of benzene rings is 2. The molecular formula is C17H16Cl2N4O5S. The van der Waals surface area contributed by atoms with Crippen LogP contribution in [-0.4, -0.2) is 50.2 Å².